The summed E-state index contributed by atoms with van der Waals surface area (Å²) in [6, 6.07) is 7.53. The molecule has 1 amide bonds. The Labute approximate surface area is 165 Å². The zero-order valence-electron chi connectivity index (χ0n) is 16.5. The van der Waals surface area contributed by atoms with Gasteiger partial charge < -0.3 is 15.7 Å². The molecule has 0 saturated carbocycles. The molecular formula is C20H29N5O3. The molecule has 1 aromatic carbocycles. The lowest BCUT2D eigenvalue weighted by atomic mass is 9.93. The molecule has 0 radical (unpaired) electrons. The van der Waals surface area contributed by atoms with Gasteiger partial charge in [0, 0.05) is 36.9 Å². The number of nitrogens with one attached hydrogen (secondary N) is 1. The van der Waals surface area contributed by atoms with Gasteiger partial charge in [-0.05, 0) is 51.0 Å². The molecule has 0 bridgehead atoms. The summed E-state index contributed by atoms with van der Waals surface area (Å²) in [6.07, 6.45) is 1.76. The third-order valence-corrected chi connectivity index (χ3v) is 5.65. The Bertz CT molecular complexity index is 754. The maximum absolute atomic E-state index is 13.0. The Morgan fingerprint density at radius 3 is 2.36 bits per heavy atom. The molecule has 1 aromatic rings. The van der Waals surface area contributed by atoms with Crippen LogP contribution < -0.4 is 10.6 Å². The highest BCUT2D eigenvalue weighted by atomic mass is 16.4. The number of nitrogens with zero attached hydrogens (tertiary/aromatic N) is 3. The molecule has 0 aliphatic carbocycles. The first kappa shape index (κ1) is 20.3. The van der Waals surface area contributed by atoms with Crippen molar-refractivity contribution in [3.63, 3.8) is 0 Å². The van der Waals surface area contributed by atoms with E-state index in [2.05, 4.69) is 18.7 Å². The number of nitrogens with two attached hydrogens (primary N) is 1. The summed E-state index contributed by atoms with van der Waals surface area (Å²) in [4.78, 5) is 30.0. The van der Waals surface area contributed by atoms with Gasteiger partial charge in [0.25, 0.3) is 0 Å². The number of benzene rings is 1. The summed E-state index contributed by atoms with van der Waals surface area (Å²) in [6.45, 7) is 6.83. The van der Waals surface area contributed by atoms with Crippen molar-refractivity contribution >= 4 is 23.4 Å². The number of piperidine rings is 1. The highest BCUT2D eigenvalue weighted by molar-refractivity contribution is 5.99. The van der Waals surface area contributed by atoms with Crippen LogP contribution in [0.25, 0.3) is 0 Å². The number of carboxylic acids is 1. The Morgan fingerprint density at radius 2 is 1.86 bits per heavy atom. The monoisotopic (exact) mass is 387 g/mol. The van der Waals surface area contributed by atoms with E-state index in [0.717, 1.165) is 38.2 Å². The minimum atomic E-state index is -0.792. The van der Waals surface area contributed by atoms with Crippen LogP contribution in [0.4, 0.5) is 5.69 Å². The van der Waals surface area contributed by atoms with Crippen LogP contribution in [-0.4, -0.2) is 76.9 Å². The van der Waals surface area contributed by atoms with Crippen LogP contribution in [-0.2, 0) is 9.59 Å². The maximum Gasteiger partial charge on any atom is 0.317 e. The lowest BCUT2D eigenvalue weighted by Gasteiger charge is -2.50. The van der Waals surface area contributed by atoms with Crippen LogP contribution in [0.3, 0.4) is 0 Å². The number of carbonyl (C=O) groups is 2. The first-order valence-electron chi connectivity index (χ1n) is 9.63. The number of hydrogen-bond donors (Lipinski definition) is 3. The third kappa shape index (κ3) is 4.34. The van der Waals surface area contributed by atoms with Crippen molar-refractivity contribution in [3.05, 3.63) is 29.8 Å². The number of carboxylic acid groups (broad SMARTS) is 1. The van der Waals surface area contributed by atoms with Gasteiger partial charge in [0.2, 0.25) is 5.91 Å². The van der Waals surface area contributed by atoms with E-state index in [1.165, 1.54) is 0 Å². The zero-order chi connectivity index (χ0) is 20.5. The number of anilines is 1. The highest BCUT2D eigenvalue weighted by Gasteiger charge is 2.42. The van der Waals surface area contributed by atoms with Gasteiger partial charge in [-0.2, -0.15) is 0 Å². The molecule has 0 spiro atoms. The molecule has 152 valence electrons. The van der Waals surface area contributed by atoms with Gasteiger partial charge in [-0.25, -0.2) is 0 Å². The fraction of sp³-hybridized carbons (Fsp3) is 0.550. The van der Waals surface area contributed by atoms with Gasteiger partial charge in [-0.1, -0.05) is 0 Å². The molecule has 4 N–H and O–H groups in total. The number of rotatable bonds is 5. The van der Waals surface area contributed by atoms with Crippen molar-refractivity contribution in [2.24, 2.45) is 5.73 Å². The largest absolute Gasteiger partial charge is 0.480 e. The van der Waals surface area contributed by atoms with E-state index in [9.17, 15) is 9.59 Å². The van der Waals surface area contributed by atoms with Crippen LogP contribution in [0.1, 0.15) is 32.3 Å². The van der Waals surface area contributed by atoms with Crippen molar-refractivity contribution in [2.45, 2.75) is 38.3 Å². The summed E-state index contributed by atoms with van der Waals surface area (Å²) in [7, 11) is 0. The van der Waals surface area contributed by atoms with Crippen molar-refractivity contribution in [3.8, 4) is 0 Å². The van der Waals surface area contributed by atoms with Crippen LogP contribution >= 0.6 is 0 Å². The van der Waals surface area contributed by atoms with Crippen LogP contribution in [0.5, 0.6) is 0 Å². The fourth-order valence-corrected chi connectivity index (χ4v) is 4.38. The predicted octanol–water partition coefficient (Wildman–Crippen LogP) is 0.947. The van der Waals surface area contributed by atoms with Crippen molar-refractivity contribution in [1.82, 2.24) is 9.80 Å². The number of aliphatic carboxylic acids is 1. The fourth-order valence-electron chi connectivity index (χ4n) is 4.38. The minimum Gasteiger partial charge on any atom is -0.480 e. The Kier molecular flexibility index (Phi) is 5.71. The quantitative estimate of drug-likeness (QED) is 0.512. The summed E-state index contributed by atoms with van der Waals surface area (Å²) in [5.41, 5.74) is 6.61. The van der Waals surface area contributed by atoms with Gasteiger partial charge in [-0.3, -0.25) is 24.8 Å². The second kappa shape index (κ2) is 7.89. The van der Waals surface area contributed by atoms with E-state index in [1.54, 1.807) is 12.1 Å². The Morgan fingerprint density at radius 1 is 1.25 bits per heavy atom. The lowest BCUT2D eigenvalue weighted by Crippen LogP contribution is -2.65. The van der Waals surface area contributed by atoms with E-state index >= 15 is 0 Å². The van der Waals surface area contributed by atoms with E-state index in [4.69, 9.17) is 16.2 Å². The van der Waals surface area contributed by atoms with Gasteiger partial charge >= 0.3 is 5.97 Å². The topological polar surface area (TPSA) is 114 Å². The number of hydrogen-bond acceptors (Lipinski definition) is 5. The third-order valence-electron chi connectivity index (χ3n) is 5.65. The summed E-state index contributed by atoms with van der Waals surface area (Å²) in [5.74, 6) is -0.727. The predicted molar refractivity (Wildman–Crippen MR) is 108 cm³/mol. The van der Waals surface area contributed by atoms with E-state index in [-0.39, 0.29) is 23.8 Å². The molecule has 0 aromatic heterocycles. The number of carbonyl (C=O) groups excluding carboxylic acids is 1. The lowest BCUT2D eigenvalue weighted by molar-refractivity contribution is -0.138. The van der Waals surface area contributed by atoms with Crippen LogP contribution in [0, 0.1) is 5.41 Å². The molecule has 2 heterocycles. The summed E-state index contributed by atoms with van der Waals surface area (Å²) >= 11 is 0. The van der Waals surface area contributed by atoms with Gasteiger partial charge in [0.15, 0.2) is 0 Å². The van der Waals surface area contributed by atoms with Crippen molar-refractivity contribution < 1.29 is 14.7 Å². The maximum atomic E-state index is 13.0. The molecule has 3 rings (SSSR count). The molecule has 8 heteroatoms. The smallest absolute Gasteiger partial charge is 0.317 e. The van der Waals surface area contributed by atoms with Gasteiger partial charge in [0.1, 0.15) is 5.84 Å². The normalized spacial score (nSPS) is 21.6. The molecular weight excluding hydrogens is 358 g/mol. The standard InChI is InChI=1S/C20H29N5O3/c1-20(2)13-24(15-7-9-23(10-8-15)12-18(27)28)11-17(26)25(20)16-5-3-14(4-6-16)19(21)22/h3-6,15H,7-13H2,1-2H3,(H3,21,22)(H,27,28). The number of amides is 1. The molecule has 0 unspecified atom stereocenters. The number of likely N-dealkylation sites (tertiary alicyclic amines) is 1. The van der Waals surface area contributed by atoms with Crippen molar-refractivity contribution in [1.29, 1.82) is 5.41 Å². The first-order valence-corrected chi connectivity index (χ1v) is 9.63. The van der Waals surface area contributed by atoms with E-state index in [0.29, 0.717) is 18.2 Å². The summed E-state index contributed by atoms with van der Waals surface area (Å²) in [5, 5.41) is 16.5. The average molecular weight is 387 g/mol. The first-order chi connectivity index (χ1) is 13.2. The van der Waals surface area contributed by atoms with Gasteiger partial charge in [-0.15, -0.1) is 0 Å². The zero-order valence-corrected chi connectivity index (χ0v) is 16.5. The van der Waals surface area contributed by atoms with Gasteiger partial charge in [0.05, 0.1) is 18.6 Å². The Balaban J connectivity index is 1.68. The second-order valence-electron chi connectivity index (χ2n) is 8.31. The Hall–Kier alpha value is -2.45. The molecule has 2 aliphatic heterocycles. The molecule has 2 fully saturated rings. The second-order valence-corrected chi connectivity index (χ2v) is 8.31. The van der Waals surface area contributed by atoms with Crippen LogP contribution in [0.15, 0.2) is 24.3 Å². The molecule has 2 aliphatic rings. The highest BCUT2D eigenvalue weighted by Crippen LogP contribution is 2.31. The minimum absolute atomic E-state index is 0.0104. The number of piperazine rings is 1. The van der Waals surface area contributed by atoms with Crippen molar-refractivity contribution in [2.75, 3.05) is 37.6 Å². The molecule has 2 saturated heterocycles. The average Bonchev–Trinajstić information content (AvgIpc) is 2.61. The molecule has 28 heavy (non-hydrogen) atoms. The van der Waals surface area contributed by atoms with E-state index in [1.807, 2.05) is 21.9 Å². The summed E-state index contributed by atoms with van der Waals surface area (Å²) < 4.78 is 0. The molecule has 0 atom stereocenters. The number of nitrogen functional groups attached to an aromatic ring is 1. The molecule has 8 nitrogen and oxygen atoms in total. The van der Waals surface area contributed by atoms with Crippen LogP contribution in [0.2, 0.25) is 0 Å². The number of amidine groups is 1. The van der Waals surface area contributed by atoms with E-state index < -0.39 is 5.97 Å². The SMILES string of the molecule is CC1(C)CN(C2CCN(CC(=O)O)CC2)CC(=O)N1c1ccc(C(=N)N)cc1.